The number of carboxylic acid groups (broad SMARTS) is 1. The number of pyridine rings is 1. The Balaban J connectivity index is 2.00. The van der Waals surface area contributed by atoms with E-state index in [0.717, 1.165) is 25.7 Å². The van der Waals surface area contributed by atoms with Gasteiger partial charge in [0.15, 0.2) is 5.69 Å². The number of anilines is 1. The van der Waals surface area contributed by atoms with E-state index in [2.05, 4.69) is 22.5 Å². The van der Waals surface area contributed by atoms with Gasteiger partial charge < -0.3 is 15.7 Å². The SMILES string of the molecule is CCC1CCCCC1NC(=O)Nc1cccnc1C(=O)O. The number of nitrogens with one attached hydrogen (secondary N) is 2. The molecular weight excluding hydrogens is 270 g/mol. The molecule has 1 aliphatic carbocycles. The predicted octanol–water partition coefficient (Wildman–Crippen LogP) is 2.87. The number of amides is 2. The number of aromatic carboxylic acids is 1. The van der Waals surface area contributed by atoms with E-state index < -0.39 is 5.97 Å². The molecule has 6 nitrogen and oxygen atoms in total. The number of carboxylic acids is 1. The van der Waals surface area contributed by atoms with Gasteiger partial charge in [0.25, 0.3) is 0 Å². The van der Waals surface area contributed by atoms with Crippen molar-refractivity contribution in [3.8, 4) is 0 Å². The Kier molecular flexibility index (Phi) is 5.14. The number of carbonyl (C=O) groups is 2. The van der Waals surface area contributed by atoms with Crippen LogP contribution in [0.2, 0.25) is 0 Å². The lowest BCUT2D eigenvalue weighted by atomic mass is 9.83. The van der Waals surface area contributed by atoms with Crippen molar-refractivity contribution in [2.75, 3.05) is 5.32 Å². The first-order chi connectivity index (χ1) is 10.1. The normalized spacial score (nSPS) is 21.6. The molecule has 1 heterocycles. The molecule has 1 saturated carbocycles. The Hall–Kier alpha value is -2.11. The lowest BCUT2D eigenvalue weighted by Crippen LogP contribution is -2.44. The monoisotopic (exact) mass is 291 g/mol. The Morgan fingerprint density at radius 3 is 2.86 bits per heavy atom. The fraction of sp³-hybridized carbons (Fsp3) is 0.533. The lowest BCUT2D eigenvalue weighted by molar-refractivity contribution is 0.0691. The summed E-state index contributed by atoms with van der Waals surface area (Å²) in [6.07, 6.45) is 6.87. The van der Waals surface area contributed by atoms with E-state index >= 15 is 0 Å². The average Bonchev–Trinajstić information content (AvgIpc) is 2.48. The summed E-state index contributed by atoms with van der Waals surface area (Å²) in [6.45, 7) is 2.13. The molecule has 0 aromatic carbocycles. The van der Waals surface area contributed by atoms with Crippen molar-refractivity contribution in [2.24, 2.45) is 5.92 Å². The summed E-state index contributed by atoms with van der Waals surface area (Å²) < 4.78 is 0. The van der Waals surface area contributed by atoms with Gasteiger partial charge in [0.2, 0.25) is 0 Å². The van der Waals surface area contributed by atoms with Crippen LogP contribution < -0.4 is 10.6 Å². The maximum Gasteiger partial charge on any atom is 0.356 e. The summed E-state index contributed by atoms with van der Waals surface area (Å²) in [4.78, 5) is 26.9. The molecule has 1 aromatic rings. The lowest BCUT2D eigenvalue weighted by Gasteiger charge is -2.31. The first kappa shape index (κ1) is 15.3. The smallest absolute Gasteiger partial charge is 0.356 e. The Morgan fingerprint density at radius 1 is 1.38 bits per heavy atom. The molecule has 2 rings (SSSR count). The molecule has 1 aromatic heterocycles. The van der Waals surface area contributed by atoms with E-state index in [1.807, 2.05) is 0 Å². The van der Waals surface area contributed by atoms with Gasteiger partial charge in [-0.2, -0.15) is 0 Å². The van der Waals surface area contributed by atoms with Gasteiger partial charge in [-0.05, 0) is 30.9 Å². The van der Waals surface area contributed by atoms with Gasteiger partial charge >= 0.3 is 12.0 Å². The summed E-state index contributed by atoms with van der Waals surface area (Å²) in [5.74, 6) is -0.660. The largest absolute Gasteiger partial charge is 0.476 e. The number of aromatic nitrogens is 1. The average molecular weight is 291 g/mol. The van der Waals surface area contributed by atoms with Crippen LogP contribution in [-0.2, 0) is 0 Å². The highest BCUT2D eigenvalue weighted by Crippen LogP contribution is 2.26. The molecule has 0 spiro atoms. The fourth-order valence-corrected chi connectivity index (χ4v) is 2.89. The highest BCUT2D eigenvalue weighted by molar-refractivity contribution is 5.98. The summed E-state index contributed by atoms with van der Waals surface area (Å²) >= 11 is 0. The molecule has 0 saturated heterocycles. The van der Waals surface area contributed by atoms with Crippen molar-refractivity contribution < 1.29 is 14.7 Å². The minimum absolute atomic E-state index is 0.150. The first-order valence-electron chi connectivity index (χ1n) is 7.37. The van der Waals surface area contributed by atoms with Crippen molar-refractivity contribution in [1.82, 2.24) is 10.3 Å². The van der Waals surface area contributed by atoms with Crippen LogP contribution >= 0.6 is 0 Å². The molecule has 0 aliphatic heterocycles. The van der Waals surface area contributed by atoms with Crippen LogP contribution in [-0.4, -0.2) is 28.1 Å². The van der Waals surface area contributed by atoms with Crippen molar-refractivity contribution in [1.29, 1.82) is 0 Å². The van der Waals surface area contributed by atoms with Crippen LogP contribution in [0.5, 0.6) is 0 Å². The Morgan fingerprint density at radius 2 is 2.14 bits per heavy atom. The third kappa shape index (κ3) is 3.93. The number of urea groups is 1. The van der Waals surface area contributed by atoms with Crippen molar-refractivity contribution in [3.63, 3.8) is 0 Å². The maximum absolute atomic E-state index is 12.1. The van der Waals surface area contributed by atoms with Gasteiger partial charge in [0, 0.05) is 12.2 Å². The van der Waals surface area contributed by atoms with Crippen LogP contribution in [0, 0.1) is 5.92 Å². The van der Waals surface area contributed by atoms with Gasteiger partial charge in [0.1, 0.15) is 0 Å². The van der Waals surface area contributed by atoms with E-state index in [9.17, 15) is 9.59 Å². The maximum atomic E-state index is 12.1. The molecule has 114 valence electrons. The number of hydrogen-bond donors (Lipinski definition) is 3. The van der Waals surface area contributed by atoms with Crippen LogP contribution in [0.1, 0.15) is 49.5 Å². The zero-order valence-corrected chi connectivity index (χ0v) is 12.1. The molecule has 1 fully saturated rings. The predicted molar refractivity (Wildman–Crippen MR) is 79.4 cm³/mol. The van der Waals surface area contributed by atoms with Gasteiger partial charge in [-0.1, -0.05) is 26.2 Å². The van der Waals surface area contributed by atoms with E-state index in [0.29, 0.717) is 5.92 Å². The van der Waals surface area contributed by atoms with Crippen molar-refractivity contribution in [3.05, 3.63) is 24.0 Å². The number of hydrogen-bond acceptors (Lipinski definition) is 3. The number of rotatable bonds is 4. The van der Waals surface area contributed by atoms with Crippen molar-refractivity contribution >= 4 is 17.7 Å². The van der Waals surface area contributed by atoms with Gasteiger partial charge in [-0.25, -0.2) is 14.6 Å². The quantitative estimate of drug-likeness (QED) is 0.795. The molecule has 0 radical (unpaired) electrons. The van der Waals surface area contributed by atoms with E-state index in [1.54, 1.807) is 6.07 Å². The second kappa shape index (κ2) is 7.06. The Labute approximate surface area is 124 Å². The third-order valence-electron chi connectivity index (χ3n) is 4.01. The van der Waals surface area contributed by atoms with E-state index in [4.69, 9.17) is 5.11 Å². The summed E-state index contributed by atoms with van der Waals surface area (Å²) in [7, 11) is 0. The molecule has 0 bridgehead atoms. The molecule has 2 atom stereocenters. The van der Waals surface area contributed by atoms with Gasteiger partial charge in [0.05, 0.1) is 5.69 Å². The van der Waals surface area contributed by atoms with Gasteiger partial charge in [-0.15, -0.1) is 0 Å². The van der Waals surface area contributed by atoms with Gasteiger partial charge in [-0.3, -0.25) is 0 Å². The number of nitrogens with zero attached hydrogens (tertiary/aromatic N) is 1. The van der Waals surface area contributed by atoms with Crippen LogP contribution in [0.3, 0.4) is 0 Å². The molecule has 2 unspecified atom stereocenters. The van der Waals surface area contributed by atoms with Crippen LogP contribution in [0.15, 0.2) is 18.3 Å². The highest BCUT2D eigenvalue weighted by Gasteiger charge is 2.25. The summed E-state index contributed by atoms with van der Waals surface area (Å²) in [5.41, 5.74) is 0.0645. The summed E-state index contributed by atoms with van der Waals surface area (Å²) in [6, 6.07) is 2.93. The van der Waals surface area contributed by atoms with Crippen LogP contribution in [0.25, 0.3) is 0 Å². The van der Waals surface area contributed by atoms with Crippen LogP contribution in [0.4, 0.5) is 10.5 Å². The number of carbonyl (C=O) groups excluding carboxylic acids is 1. The minimum Gasteiger partial charge on any atom is -0.476 e. The first-order valence-corrected chi connectivity index (χ1v) is 7.37. The standard InChI is InChI=1S/C15H21N3O3/c1-2-10-6-3-4-7-11(10)17-15(21)18-12-8-5-9-16-13(12)14(19)20/h5,8-11H,2-4,6-7H2,1H3,(H,19,20)(H2,17,18,21). The minimum atomic E-state index is -1.16. The topological polar surface area (TPSA) is 91.3 Å². The van der Waals surface area contributed by atoms with E-state index in [-0.39, 0.29) is 23.5 Å². The molecule has 6 heteroatoms. The zero-order chi connectivity index (χ0) is 15.2. The molecule has 3 N–H and O–H groups in total. The van der Waals surface area contributed by atoms with Crippen molar-refractivity contribution in [2.45, 2.75) is 45.1 Å². The molecule has 21 heavy (non-hydrogen) atoms. The molecular formula is C15H21N3O3. The second-order valence-corrected chi connectivity index (χ2v) is 5.36. The fourth-order valence-electron chi connectivity index (χ4n) is 2.89. The summed E-state index contributed by atoms with van der Waals surface area (Å²) in [5, 5.41) is 14.6. The molecule has 2 amide bonds. The molecule has 1 aliphatic rings. The van der Waals surface area contributed by atoms with E-state index in [1.165, 1.54) is 18.7 Å². The Bertz CT molecular complexity index is 519. The third-order valence-corrected chi connectivity index (χ3v) is 4.01. The second-order valence-electron chi connectivity index (χ2n) is 5.36. The highest BCUT2D eigenvalue weighted by atomic mass is 16.4. The zero-order valence-electron chi connectivity index (χ0n) is 12.1.